The predicted molar refractivity (Wildman–Crippen MR) is 151 cm³/mol. The van der Waals surface area contributed by atoms with Gasteiger partial charge in [-0.25, -0.2) is 4.68 Å². The number of rotatable bonds is 9. The van der Waals surface area contributed by atoms with Gasteiger partial charge >= 0.3 is 0 Å². The molecule has 2 aromatic carbocycles. The Kier molecular flexibility index (Phi) is 7.06. The second kappa shape index (κ2) is 11.0. The number of tetrazole rings is 1. The van der Waals surface area contributed by atoms with E-state index in [-0.39, 0.29) is 5.56 Å². The van der Waals surface area contributed by atoms with Crippen LogP contribution in [0.5, 0.6) is 0 Å². The Morgan fingerprint density at radius 2 is 1.70 bits per heavy atom. The number of halogens is 1. The molecule has 1 N–H and O–H groups in total. The highest BCUT2D eigenvalue weighted by Crippen LogP contribution is 2.32. The summed E-state index contributed by atoms with van der Waals surface area (Å²) < 4.78 is 13.0. The molecule has 0 bridgehead atoms. The van der Waals surface area contributed by atoms with Crippen LogP contribution in [0.1, 0.15) is 45.6 Å². The van der Waals surface area contributed by atoms with Crippen molar-refractivity contribution in [2.75, 3.05) is 0 Å². The van der Waals surface area contributed by atoms with Crippen LogP contribution in [0.3, 0.4) is 0 Å². The van der Waals surface area contributed by atoms with Crippen molar-refractivity contribution < 1.29 is 8.83 Å². The summed E-state index contributed by atoms with van der Waals surface area (Å²) in [5.74, 6) is 1.91. The quantitative estimate of drug-likeness (QED) is 0.240. The number of fused-ring (bicyclic) bond motifs is 1. The van der Waals surface area contributed by atoms with Crippen LogP contribution in [-0.2, 0) is 19.6 Å². The third-order valence-corrected chi connectivity index (χ3v) is 7.46. The highest BCUT2D eigenvalue weighted by atomic mass is 35.5. The Morgan fingerprint density at radius 1 is 0.950 bits per heavy atom. The van der Waals surface area contributed by atoms with Gasteiger partial charge in [-0.05, 0) is 77.4 Å². The monoisotopic (exact) mass is 554 g/mol. The summed E-state index contributed by atoms with van der Waals surface area (Å²) in [6.45, 7) is 5.10. The van der Waals surface area contributed by atoms with E-state index in [1.54, 1.807) is 17.2 Å². The SMILES string of the molecule is Cc1ccc(C)c2[nH]c(=O)c([C@H](c3nnnn3Cc3ccco3)N(Cc3ccco3)Cc3ccccc3Cl)cc12. The molecular formula is C30H27ClN6O3. The first-order chi connectivity index (χ1) is 19.5. The van der Waals surface area contributed by atoms with Crippen LogP contribution in [0, 0.1) is 13.8 Å². The number of benzene rings is 2. The maximum atomic E-state index is 13.9. The molecule has 6 aromatic rings. The number of hydrogen-bond acceptors (Lipinski definition) is 7. The van der Waals surface area contributed by atoms with Crippen LogP contribution in [0.25, 0.3) is 10.9 Å². The molecule has 40 heavy (non-hydrogen) atoms. The number of H-pyrrole nitrogens is 1. The van der Waals surface area contributed by atoms with Gasteiger partial charge < -0.3 is 13.8 Å². The van der Waals surface area contributed by atoms with Crippen LogP contribution in [-0.4, -0.2) is 30.1 Å². The molecule has 0 unspecified atom stereocenters. The summed E-state index contributed by atoms with van der Waals surface area (Å²) in [5, 5.41) is 14.3. The number of aryl methyl sites for hydroxylation is 2. The van der Waals surface area contributed by atoms with Gasteiger partial charge in [0.15, 0.2) is 5.82 Å². The normalized spacial score (nSPS) is 12.4. The molecule has 0 aliphatic heterocycles. The molecule has 0 aliphatic rings. The minimum Gasteiger partial charge on any atom is -0.468 e. The zero-order valence-electron chi connectivity index (χ0n) is 22.0. The maximum absolute atomic E-state index is 13.9. The summed E-state index contributed by atoms with van der Waals surface area (Å²) in [4.78, 5) is 19.1. The van der Waals surface area contributed by atoms with E-state index < -0.39 is 6.04 Å². The molecule has 0 radical (unpaired) electrons. The minimum atomic E-state index is -0.653. The van der Waals surface area contributed by atoms with Crippen LogP contribution in [0.2, 0.25) is 5.02 Å². The second-order valence-corrected chi connectivity index (χ2v) is 10.2. The number of aromatic nitrogens is 5. The standard InChI is InChI=1S/C30H27ClN6O3/c1-19-11-12-20(2)27-24(19)15-25(30(38)32-27)28(29-33-34-35-37(29)18-23-9-6-14-40-23)36(17-22-8-5-13-39-22)16-21-7-3-4-10-26(21)31/h3-15,28H,16-18H2,1-2H3,(H,32,38)/t28-/m1/s1. The molecular weight excluding hydrogens is 528 g/mol. The van der Waals surface area contributed by atoms with E-state index in [2.05, 4.69) is 31.5 Å². The van der Waals surface area contributed by atoms with E-state index in [0.717, 1.165) is 33.4 Å². The van der Waals surface area contributed by atoms with Crippen molar-refractivity contribution in [3.8, 4) is 0 Å². The van der Waals surface area contributed by atoms with Gasteiger partial charge in [0.1, 0.15) is 24.1 Å². The van der Waals surface area contributed by atoms with Crippen molar-refractivity contribution in [1.29, 1.82) is 0 Å². The zero-order chi connectivity index (χ0) is 27.6. The molecule has 1 atom stereocenters. The number of hydrogen-bond donors (Lipinski definition) is 1. The number of pyridine rings is 1. The fraction of sp³-hybridized carbons (Fsp3) is 0.200. The predicted octanol–water partition coefficient (Wildman–Crippen LogP) is 5.81. The summed E-state index contributed by atoms with van der Waals surface area (Å²) in [6, 6.07) is 20.4. The fourth-order valence-electron chi connectivity index (χ4n) is 5.05. The van der Waals surface area contributed by atoms with Crippen molar-refractivity contribution in [3.05, 3.63) is 134 Å². The summed E-state index contributed by atoms with van der Waals surface area (Å²) in [6.07, 6.45) is 3.24. The van der Waals surface area contributed by atoms with Gasteiger partial charge in [-0.2, -0.15) is 0 Å². The van der Waals surface area contributed by atoms with E-state index in [0.29, 0.717) is 41.8 Å². The van der Waals surface area contributed by atoms with Crippen molar-refractivity contribution in [2.45, 2.75) is 39.5 Å². The molecule has 0 fully saturated rings. The molecule has 10 heteroatoms. The average Bonchev–Trinajstić information content (AvgIpc) is 3.73. The van der Waals surface area contributed by atoms with E-state index in [1.807, 2.05) is 74.5 Å². The number of nitrogens with zero attached hydrogens (tertiary/aromatic N) is 5. The lowest BCUT2D eigenvalue weighted by Gasteiger charge is -2.30. The average molecular weight is 555 g/mol. The summed E-state index contributed by atoms with van der Waals surface area (Å²) in [7, 11) is 0. The Morgan fingerprint density at radius 3 is 2.45 bits per heavy atom. The van der Waals surface area contributed by atoms with Gasteiger partial charge in [0, 0.05) is 22.5 Å². The van der Waals surface area contributed by atoms with Crippen LogP contribution >= 0.6 is 11.6 Å². The molecule has 4 heterocycles. The van der Waals surface area contributed by atoms with Crippen LogP contribution in [0.4, 0.5) is 0 Å². The van der Waals surface area contributed by atoms with E-state index in [4.69, 9.17) is 20.4 Å². The molecule has 202 valence electrons. The molecule has 4 aromatic heterocycles. The molecule has 0 saturated carbocycles. The summed E-state index contributed by atoms with van der Waals surface area (Å²) >= 11 is 6.62. The van der Waals surface area contributed by atoms with Gasteiger partial charge in [0.2, 0.25) is 0 Å². The number of nitrogens with one attached hydrogen (secondary N) is 1. The molecule has 0 aliphatic carbocycles. The topological polar surface area (TPSA) is 106 Å². The van der Waals surface area contributed by atoms with Crippen molar-refractivity contribution in [2.24, 2.45) is 0 Å². The first-order valence-electron chi connectivity index (χ1n) is 12.9. The lowest BCUT2D eigenvalue weighted by atomic mass is 9.99. The number of furan rings is 2. The first kappa shape index (κ1) is 25.8. The van der Waals surface area contributed by atoms with Gasteiger partial charge in [-0.1, -0.05) is 41.9 Å². The molecule has 0 amide bonds. The van der Waals surface area contributed by atoms with E-state index >= 15 is 0 Å². The zero-order valence-corrected chi connectivity index (χ0v) is 22.8. The van der Waals surface area contributed by atoms with Gasteiger partial charge in [-0.3, -0.25) is 9.69 Å². The van der Waals surface area contributed by atoms with Crippen molar-refractivity contribution in [1.82, 2.24) is 30.1 Å². The Balaban J connectivity index is 1.56. The van der Waals surface area contributed by atoms with Gasteiger partial charge in [0.25, 0.3) is 5.56 Å². The lowest BCUT2D eigenvalue weighted by Crippen LogP contribution is -2.35. The second-order valence-electron chi connectivity index (χ2n) is 9.79. The Labute approximate surface area is 235 Å². The van der Waals surface area contributed by atoms with Gasteiger partial charge in [0.05, 0.1) is 24.6 Å². The van der Waals surface area contributed by atoms with Crippen molar-refractivity contribution >= 4 is 22.5 Å². The summed E-state index contributed by atoms with van der Waals surface area (Å²) in [5.41, 5.74) is 4.04. The smallest absolute Gasteiger partial charge is 0.253 e. The minimum absolute atomic E-state index is 0.220. The molecule has 0 spiro atoms. The lowest BCUT2D eigenvalue weighted by molar-refractivity contribution is 0.179. The highest BCUT2D eigenvalue weighted by molar-refractivity contribution is 6.31. The number of aromatic amines is 1. The molecule has 9 nitrogen and oxygen atoms in total. The molecule has 0 saturated heterocycles. The van der Waals surface area contributed by atoms with Crippen molar-refractivity contribution in [3.63, 3.8) is 0 Å². The van der Waals surface area contributed by atoms with E-state index in [9.17, 15) is 4.79 Å². The third kappa shape index (κ3) is 5.09. The highest BCUT2D eigenvalue weighted by Gasteiger charge is 2.32. The van der Waals surface area contributed by atoms with Gasteiger partial charge in [-0.15, -0.1) is 5.10 Å². The molecule has 6 rings (SSSR count). The fourth-order valence-corrected chi connectivity index (χ4v) is 5.25. The van der Waals surface area contributed by atoms with Crippen LogP contribution in [0.15, 0.2) is 92.9 Å². The van der Waals surface area contributed by atoms with E-state index in [1.165, 1.54) is 0 Å². The maximum Gasteiger partial charge on any atom is 0.253 e. The Bertz CT molecular complexity index is 1810. The largest absolute Gasteiger partial charge is 0.468 e. The van der Waals surface area contributed by atoms with Crippen LogP contribution < -0.4 is 5.56 Å². The third-order valence-electron chi connectivity index (χ3n) is 7.09. The Hall–Kier alpha value is -4.47. The first-order valence-corrected chi connectivity index (χ1v) is 13.3.